The quantitative estimate of drug-likeness (QED) is 0.324. The highest BCUT2D eigenvalue weighted by Gasteiger charge is 2.87. The molecule has 1 aliphatic heterocycles. The van der Waals surface area contributed by atoms with Crippen molar-refractivity contribution < 1.29 is 19.1 Å². The molecule has 1 heterocycles. The van der Waals surface area contributed by atoms with Crippen molar-refractivity contribution in [1.82, 2.24) is 0 Å². The number of hydrogen-bond donors (Lipinski definition) is 0. The molecule has 132 valence electrons. The van der Waals surface area contributed by atoms with Gasteiger partial charge in [-0.3, -0.25) is 14.4 Å². The van der Waals surface area contributed by atoms with Crippen molar-refractivity contribution in [2.24, 2.45) is 10.8 Å². The first-order valence-corrected chi connectivity index (χ1v) is 9.33. The lowest BCUT2D eigenvalue weighted by molar-refractivity contribution is -0.148. The maximum atomic E-state index is 13.5. The first-order valence-electron chi connectivity index (χ1n) is 8.54. The van der Waals surface area contributed by atoms with Gasteiger partial charge in [0.25, 0.3) is 0 Å². The average molecular weight is 413 g/mol. The van der Waals surface area contributed by atoms with E-state index in [1.165, 1.54) is 6.92 Å². The average Bonchev–Trinajstić information content (AvgIpc) is 3.30. The van der Waals surface area contributed by atoms with E-state index < -0.39 is 22.7 Å². The van der Waals surface area contributed by atoms with Gasteiger partial charge in [0.1, 0.15) is 16.9 Å². The molecule has 2 aliphatic rings. The predicted octanol–water partition coefficient (Wildman–Crippen LogP) is 4.32. The number of benzene rings is 2. The molecule has 0 radical (unpaired) electrons. The highest BCUT2D eigenvalue weighted by Crippen LogP contribution is 2.80. The van der Waals surface area contributed by atoms with Crippen molar-refractivity contribution in [1.29, 1.82) is 0 Å². The summed E-state index contributed by atoms with van der Waals surface area (Å²) in [4.78, 5) is 39.2. The summed E-state index contributed by atoms with van der Waals surface area (Å²) in [6, 6.07) is 14.2. The van der Waals surface area contributed by atoms with Crippen LogP contribution in [0.4, 0.5) is 0 Å². The Kier molecular flexibility index (Phi) is 3.70. The molecule has 4 rings (SSSR count). The van der Waals surface area contributed by atoms with Gasteiger partial charge in [0.05, 0.1) is 5.41 Å². The Bertz CT molecular complexity index is 952. The summed E-state index contributed by atoms with van der Waals surface area (Å²) in [7, 11) is 0. The lowest BCUT2D eigenvalue weighted by atomic mass is 9.81. The number of hydrogen-bond acceptors (Lipinski definition) is 4. The number of rotatable bonds is 4. The number of carbonyl (C=O) groups excluding carboxylic acids is 3. The lowest BCUT2D eigenvalue weighted by Crippen LogP contribution is -2.38. The van der Waals surface area contributed by atoms with Crippen LogP contribution in [0.25, 0.3) is 0 Å². The molecule has 0 aromatic heterocycles. The monoisotopic (exact) mass is 412 g/mol. The molecule has 4 nitrogen and oxygen atoms in total. The van der Waals surface area contributed by atoms with Gasteiger partial charge in [-0.15, -0.1) is 0 Å². The highest BCUT2D eigenvalue weighted by atomic mass is 79.9. The molecular weight excluding hydrogens is 396 g/mol. The van der Waals surface area contributed by atoms with Crippen molar-refractivity contribution >= 4 is 33.5 Å². The third-order valence-electron chi connectivity index (χ3n) is 5.91. The molecule has 2 aromatic rings. The zero-order valence-corrected chi connectivity index (χ0v) is 16.0. The number of Topliss-reactive ketones (excluding diaryl/α,β-unsaturated/α-hetero) is 2. The fourth-order valence-corrected chi connectivity index (χ4v) is 5.19. The maximum Gasteiger partial charge on any atom is 0.326 e. The van der Waals surface area contributed by atoms with Crippen LogP contribution >= 0.6 is 15.9 Å². The molecule has 1 aliphatic carbocycles. The number of esters is 1. The number of halogens is 1. The second-order valence-corrected chi connectivity index (χ2v) is 7.80. The fraction of sp³-hybridized carbons (Fsp3) is 0.286. The summed E-state index contributed by atoms with van der Waals surface area (Å²) in [5.74, 6) is -1.18. The minimum absolute atomic E-state index is 0.175. The van der Waals surface area contributed by atoms with E-state index in [0.717, 1.165) is 10.0 Å². The molecule has 0 amide bonds. The molecule has 0 N–H and O–H groups in total. The zero-order valence-electron chi connectivity index (χ0n) is 14.4. The van der Waals surface area contributed by atoms with E-state index in [2.05, 4.69) is 15.9 Å². The van der Waals surface area contributed by atoms with Gasteiger partial charge >= 0.3 is 5.97 Å². The Morgan fingerprint density at radius 2 is 1.85 bits per heavy atom. The molecule has 0 spiro atoms. The summed E-state index contributed by atoms with van der Waals surface area (Å²) >= 11 is 3.44. The molecule has 0 saturated heterocycles. The van der Waals surface area contributed by atoms with Crippen molar-refractivity contribution in [2.75, 3.05) is 0 Å². The normalized spacial score (nSPS) is 28.6. The second-order valence-electron chi connectivity index (χ2n) is 6.89. The smallest absolute Gasteiger partial charge is 0.326 e. The standard InChI is InChI=1S/C21H17BrO4/c1-3-20(18(24)13-7-5-4-6-8-13)17-15-11-14(22)9-10-16(15)26-19(25)21(17,20)12(2)23/h4-11,17H,3H2,1-2H3/t17-,20+,21-/m1/s1. The van der Waals surface area contributed by atoms with Crippen molar-refractivity contribution in [3.63, 3.8) is 0 Å². The summed E-state index contributed by atoms with van der Waals surface area (Å²) < 4.78 is 6.33. The minimum Gasteiger partial charge on any atom is -0.425 e. The number of fused-ring (bicyclic) bond motifs is 3. The van der Waals surface area contributed by atoms with Gasteiger partial charge in [-0.05, 0) is 31.5 Å². The molecule has 1 fully saturated rings. The van der Waals surface area contributed by atoms with Crippen molar-refractivity contribution in [3.05, 3.63) is 64.1 Å². The maximum absolute atomic E-state index is 13.5. The molecule has 3 atom stereocenters. The van der Waals surface area contributed by atoms with E-state index in [-0.39, 0.29) is 11.6 Å². The largest absolute Gasteiger partial charge is 0.425 e. The zero-order chi connectivity index (χ0) is 18.7. The molecule has 1 saturated carbocycles. The topological polar surface area (TPSA) is 60.4 Å². The van der Waals surface area contributed by atoms with Gasteiger partial charge in [-0.25, -0.2) is 0 Å². The fourth-order valence-electron chi connectivity index (χ4n) is 4.81. The van der Waals surface area contributed by atoms with Crippen LogP contribution in [0.5, 0.6) is 5.75 Å². The van der Waals surface area contributed by atoms with Crippen molar-refractivity contribution in [3.8, 4) is 5.75 Å². The summed E-state index contributed by atoms with van der Waals surface area (Å²) in [6.45, 7) is 3.24. The van der Waals surface area contributed by atoms with Gasteiger partial charge in [0.15, 0.2) is 5.78 Å². The Hall–Kier alpha value is -2.27. The van der Waals surface area contributed by atoms with E-state index in [9.17, 15) is 14.4 Å². The number of carbonyl (C=O) groups is 3. The molecule has 2 aromatic carbocycles. The van der Waals surface area contributed by atoms with Gasteiger partial charge < -0.3 is 4.74 Å². The van der Waals surface area contributed by atoms with Crippen LogP contribution < -0.4 is 4.74 Å². The second kappa shape index (κ2) is 5.61. The molecule has 5 heteroatoms. The molecular formula is C21H17BrO4. The summed E-state index contributed by atoms with van der Waals surface area (Å²) in [5, 5.41) is 0. The van der Waals surface area contributed by atoms with Gasteiger partial charge in [-0.1, -0.05) is 53.2 Å². The van der Waals surface area contributed by atoms with Crippen LogP contribution in [0.3, 0.4) is 0 Å². The predicted molar refractivity (Wildman–Crippen MR) is 99.1 cm³/mol. The number of ether oxygens (including phenoxy) is 1. The Balaban J connectivity index is 1.97. The van der Waals surface area contributed by atoms with Gasteiger partial charge in [0.2, 0.25) is 0 Å². The first kappa shape index (κ1) is 17.2. The van der Waals surface area contributed by atoms with E-state index in [1.54, 1.807) is 36.4 Å². The van der Waals surface area contributed by atoms with Crippen molar-refractivity contribution in [2.45, 2.75) is 26.2 Å². The van der Waals surface area contributed by atoms with E-state index in [4.69, 9.17) is 4.74 Å². The molecule has 0 unspecified atom stereocenters. The van der Waals surface area contributed by atoms with Crippen LogP contribution in [0.2, 0.25) is 0 Å². The van der Waals surface area contributed by atoms with Crippen LogP contribution in [-0.2, 0) is 9.59 Å². The SMILES string of the molecule is CC[C@@]1(C(=O)c2ccccc2)[C@H]2c3cc(Br)ccc3OC(=O)[C@@]21C(C)=O. The number of ketones is 2. The Morgan fingerprint density at radius 3 is 2.46 bits per heavy atom. The summed E-state index contributed by atoms with van der Waals surface area (Å²) in [6.07, 6.45) is 0.381. The van der Waals surface area contributed by atoms with Crippen LogP contribution in [0.15, 0.2) is 53.0 Å². The Morgan fingerprint density at radius 1 is 1.15 bits per heavy atom. The van der Waals surface area contributed by atoms with Gasteiger partial charge in [-0.2, -0.15) is 0 Å². The van der Waals surface area contributed by atoms with Crippen LogP contribution in [-0.4, -0.2) is 17.5 Å². The van der Waals surface area contributed by atoms with Crippen LogP contribution in [0.1, 0.15) is 42.1 Å². The first-order chi connectivity index (χ1) is 12.4. The van der Waals surface area contributed by atoms with Gasteiger partial charge in [0, 0.05) is 21.5 Å². The third-order valence-corrected chi connectivity index (χ3v) is 6.40. The van der Waals surface area contributed by atoms with E-state index >= 15 is 0 Å². The third kappa shape index (κ3) is 1.87. The molecule has 0 bridgehead atoms. The van der Waals surface area contributed by atoms with E-state index in [1.807, 2.05) is 19.1 Å². The summed E-state index contributed by atoms with van der Waals surface area (Å²) in [5.41, 5.74) is -1.31. The lowest BCUT2D eigenvalue weighted by Gasteiger charge is -2.22. The minimum atomic E-state index is -1.44. The molecule has 26 heavy (non-hydrogen) atoms. The Labute approximate surface area is 159 Å². The van der Waals surface area contributed by atoms with Crippen LogP contribution in [0, 0.1) is 10.8 Å². The van der Waals surface area contributed by atoms with E-state index in [0.29, 0.717) is 17.7 Å². The highest BCUT2D eigenvalue weighted by molar-refractivity contribution is 9.10.